The van der Waals surface area contributed by atoms with Gasteiger partial charge in [0.2, 0.25) is 0 Å². The van der Waals surface area contributed by atoms with Crippen LogP contribution in [0.2, 0.25) is 4.34 Å². The molecule has 0 radical (unpaired) electrons. The van der Waals surface area contributed by atoms with Crippen LogP contribution < -0.4 is 5.32 Å². The molecule has 2 aromatic heterocycles. The molecule has 0 aliphatic rings. The summed E-state index contributed by atoms with van der Waals surface area (Å²) < 4.78 is 1.80. The number of aryl methyl sites for hydroxylation is 1. The molecule has 0 amide bonds. The van der Waals surface area contributed by atoms with Crippen LogP contribution in [0.4, 0.5) is 0 Å². The lowest BCUT2D eigenvalue weighted by Crippen LogP contribution is -2.20. The van der Waals surface area contributed by atoms with Gasteiger partial charge >= 0.3 is 0 Å². The SMILES string of the molecule is CCNC(c1ccc(C)s1)c1cc(Br)c(Cl)s1. The van der Waals surface area contributed by atoms with Crippen LogP contribution in [-0.2, 0) is 0 Å². The van der Waals surface area contributed by atoms with E-state index in [1.165, 1.54) is 14.6 Å². The Balaban J connectivity index is 2.34. The Labute approximate surface area is 123 Å². The zero-order chi connectivity index (χ0) is 12.4. The first-order chi connectivity index (χ1) is 8.11. The molecule has 0 aliphatic carbocycles. The average Bonchev–Trinajstić information content (AvgIpc) is 2.83. The third-order valence-corrected chi connectivity index (χ3v) is 6.01. The lowest BCUT2D eigenvalue weighted by atomic mass is 10.2. The van der Waals surface area contributed by atoms with Gasteiger partial charge < -0.3 is 5.32 Å². The Morgan fingerprint density at radius 1 is 1.35 bits per heavy atom. The minimum atomic E-state index is 0.257. The van der Waals surface area contributed by atoms with E-state index in [0.717, 1.165) is 15.4 Å². The third kappa shape index (κ3) is 3.12. The minimum Gasteiger partial charge on any atom is -0.305 e. The van der Waals surface area contributed by atoms with Gasteiger partial charge in [-0.3, -0.25) is 0 Å². The molecule has 0 saturated carbocycles. The van der Waals surface area contributed by atoms with Crippen LogP contribution in [0.15, 0.2) is 22.7 Å². The Kier molecular flexibility index (Phi) is 4.66. The molecule has 1 N–H and O–H groups in total. The van der Waals surface area contributed by atoms with E-state index in [1.807, 2.05) is 11.3 Å². The highest BCUT2D eigenvalue weighted by Gasteiger charge is 2.18. The molecule has 0 aliphatic heterocycles. The molecule has 0 bridgehead atoms. The predicted molar refractivity (Wildman–Crippen MR) is 81.6 cm³/mol. The topological polar surface area (TPSA) is 12.0 Å². The molecular formula is C12H13BrClNS2. The van der Waals surface area contributed by atoms with Crippen molar-refractivity contribution in [2.45, 2.75) is 19.9 Å². The van der Waals surface area contributed by atoms with Crippen molar-refractivity contribution in [1.29, 1.82) is 0 Å². The number of hydrogen-bond donors (Lipinski definition) is 1. The van der Waals surface area contributed by atoms with Gasteiger partial charge in [-0.05, 0) is 47.6 Å². The molecule has 2 aromatic rings. The Bertz CT molecular complexity index is 487. The van der Waals surface area contributed by atoms with E-state index >= 15 is 0 Å². The van der Waals surface area contributed by atoms with Gasteiger partial charge in [0.05, 0.1) is 6.04 Å². The van der Waals surface area contributed by atoms with E-state index in [0.29, 0.717) is 0 Å². The summed E-state index contributed by atoms with van der Waals surface area (Å²) in [5.41, 5.74) is 0. The monoisotopic (exact) mass is 349 g/mol. The molecule has 0 aromatic carbocycles. The lowest BCUT2D eigenvalue weighted by molar-refractivity contribution is 0.648. The molecule has 92 valence electrons. The number of thiophene rings is 2. The molecule has 2 heterocycles. The van der Waals surface area contributed by atoms with Crippen LogP contribution in [0.5, 0.6) is 0 Å². The second kappa shape index (κ2) is 5.85. The van der Waals surface area contributed by atoms with E-state index < -0.39 is 0 Å². The van der Waals surface area contributed by atoms with Crippen LogP contribution in [-0.4, -0.2) is 6.54 Å². The van der Waals surface area contributed by atoms with Crippen LogP contribution in [0.25, 0.3) is 0 Å². The van der Waals surface area contributed by atoms with E-state index in [9.17, 15) is 0 Å². The highest BCUT2D eigenvalue weighted by molar-refractivity contribution is 9.10. The number of hydrogen-bond acceptors (Lipinski definition) is 3. The summed E-state index contributed by atoms with van der Waals surface area (Å²) in [7, 11) is 0. The fourth-order valence-corrected chi connectivity index (χ4v) is 4.54. The fourth-order valence-electron chi connectivity index (χ4n) is 1.66. The van der Waals surface area contributed by atoms with Crippen LogP contribution in [0.3, 0.4) is 0 Å². The van der Waals surface area contributed by atoms with E-state index in [2.05, 4.69) is 53.3 Å². The molecule has 1 unspecified atom stereocenters. The van der Waals surface area contributed by atoms with Crippen LogP contribution in [0, 0.1) is 6.92 Å². The van der Waals surface area contributed by atoms with Gasteiger partial charge in [0.25, 0.3) is 0 Å². The van der Waals surface area contributed by atoms with E-state index in [4.69, 9.17) is 11.6 Å². The second-order valence-electron chi connectivity index (χ2n) is 3.71. The summed E-state index contributed by atoms with van der Waals surface area (Å²) in [6.45, 7) is 5.20. The average molecular weight is 351 g/mol. The molecule has 1 atom stereocenters. The summed E-state index contributed by atoms with van der Waals surface area (Å²) in [5, 5.41) is 3.51. The first-order valence-corrected chi connectivity index (χ1v) is 8.16. The number of rotatable bonds is 4. The largest absolute Gasteiger partial charge is 0.305 e. The van der Waals surface area contributed by atoms with E-state index in [-0.39, 0.29) is 6.04 Å². The molecule has 5 heteroatoms. The number of halogens is 2. The van der Waals surface area contributed by atoms with Crippen LogP contribution >= 0.6 is 50.2 Å². The zero-order valence-electron chi connectivity index (χ0n) is 9.59. The third-order valence-electron chi connectivity index (χ3n) is 2.40. The first-order valence-electron chi connectivity index (χ1n) is 5.36. The number of nitrogens with one attached hydrogen (secondary N) is 1. The standard InChI is InChI=1S/C12H13BrClNS2/c1-3-15-11(9-5-4-7(2)16-9)10-6-8(13)12(14)17-10/h4-6,11,15H,3H2,1-2H3. The Hall–Kier alpha value is 0.130. The van der Waals surface area contributed by atoms with Crippen molar-refractivity contribution >= 4 is 50.2 Å². The van der Waals surface area contributed by atoms with Gasteiger partial charge in [0.1, 0.15) is 4.34 Å². The smallest absolute Gasteiger partial charge is 0.107 e. The van der Waals surface area contributed by atoms with Gasteiger partial charge in [-0.25, -0.2) is 0 Å². The fraction of sp³-hybridized carbons (Fsp3) is 0.333. The minimum absolute atomic E-state index is 0.257. The van der Waals surface area contributed by atoms with E-state index in [1.54, 1.807) is 11.3 Å². The maximum atomic E-state index is 6.11. The lowest BCUT2D eigenvalue weighted by Gasteiger charge is -2.14. The Morgan fingerprint density at radius 2 is 2.12 bits per heavy atom. The maximum Gasteiger partial charge on any atom is 0.107 e. The van der Waals surface area contributed by atoms with Crippen molar-refractivity contribution in [2.75, 3.05) is 6.54 Å². The molecule has 0 fully saturated rings. The van der Waals surface area contributed by atoms with Crippen molar-refractivity contribution in [2.24, 2.45) is 0 Å². The van der Waals surface area contributed by atoms with Gasteiger partial charge in [0.15, 0.2) is 0 Å². The van der Waals surface area contributed by atoms with Gasteiger partial charge in [-0.15, -0.1) is 22.7 Å². The highest BCUT2D eigenvalue weighted by Crippen LogP contribution is 2.38. The predicted octanol–water partition coefficient (Wildman–Crippen LogP) is 5.23. The normalized spacial score (nSPS) is 12.9. The van der Waals surface area contributed by atoms with Gasteiger partial charge in [-0.2, -0.15) is 0 Å². The van der Waals surface area contributed by atoms with Crippen molar-refractivity contribution in [3.8, 4) is 0 Å². The zero-order valence-corrected chi connectivity index (χ0v) is 13.6. The molecular weight excluding hydrogens is 338 g/mol. The summed E-state index contributed by atoms with van der Waals surface area (Å²) in [6.07, 6.45) is 0. The molecule has 17 heavy (non-hydrogen) atoms. The summed E-state index contributed by atoms with van der Waals surface area (Å²) >= 11 is 13.0. The molecule has 2 rings (SSSR count). The van der Waals surface area contributed by atoms with Crippen molar-refractivity contribution < 1.29 is 0 Å². The highest BCUT2D eigenvalue weighted by atomic mass is 79.9. The molecule has 1 nitrogen and oxygen atoms in total. The van der Waals surface area contributed by atoms with Crippen molar-refractivity contribution in [1.82, 2.24) is 5.32 Å². The van der Waals surface area contributed by atoms with Gasteiger partial charge in [-0.1, -0.05) is 18.5 Å². The molecule has 0 spiro atoms. The van der Waals surface area contributed by atoms with Crippen molar-refractivity contribution in [3.63, 3.8) is 0 Å². The first kappa shape index (κ1) is 13.6. The summed E-state index contributed by atoms with van der Waals surface area (Å²) in [5.74, 6) is 0. The molecule has 0 saturated heterocycles. The summed E-state index contributed by atoms with van der Waals surface area (Å²) in [4.78, 5) is 3.94. The quantitative estimate of drug-likeness (QED) is 0.796. The summed E-state index contributed by atoms with van der Waals surface area (Å²) in [6, 6.07) is 6.71. The Morgan fingerprint density at radius 3 is 2.59 bits per heavy atom. The van der Waals surface area contributed by atoms with Crippen LogP contribution in [0.1, 0.15) is 27.6 Å². The second-order valence-corrected chi connectivity index (χ2v) is 7.57. The maximum absolute atomic E-state index is 6.11. The van der Waals surface area contributed by atoms with Gasteiger partial charge in [0, 0.05) is 19.1 Å². The van der Waals surface area contributed by atoms with Crippen molar-refractivity contribution in [3.05, 3.63) is 41.6 Å².